The Kier molecular flexibility index (Phi) is 4.95. The third-order valence-corrected chi connectivity index (χ3v) is 2.57. The number of nitrogens with zero attached hydrogens (tertiary/aromatic N) is 1. The molecule has 1 saturated heterocycles. The van der Waals surface area contributed by atoms with Gasteiger partial charge in [-0.3, -0.25) is 4.90 Å². The normalized spacial score (nSPS) is 21.1. The zero-order chi connectivity index (χ0) is 13.8. The van der Waals surface area contributed by atoms with Crippen LogP contribution in [0.1, 0.15) is 27.2 Å². The standard InChI is InChI=1S/C12H22N2O4/c1-12(2,3)18-11(16)14-7-5-6-13-8-9(14)10(15)17-4/h9,13H,5-8H2,1-4H3/t9-/m0/s1. The lowest BCUT2D eigenvalue weighted by atomic mass is 10.2. The molecule has 0 aromatic carbocycles. The first kappa shape index (κ1) is 14.8. The Bertz CT molecular complexity index is 312. The van der Waals surface area contributed by atoms with Gasteiger partial charge in [-0.2, -0.15) is 0 Å². The molecular formula is C12H22N2O4. The number of nitrogens with one attached hydrogen (secondary N) is 1. The van der Waals surface area contributed by atoms with E-state index >= 15 is 0 Å². The van der Waals surface area contributed by atoms with E-state index < -0.39 is 23.7 Å². The van der Waals surface area contributed by atoms with Gasteiger partial charge in [0.25, 0.3) is 0 Å². The third-order valence-electron chi connectivity index (χ3n) is 2.57. The number of hydrogen-bond acceptors (Lipinski definition) is 5. The van der Waals surface area contributed by atoms with E-state index in [2.05, 4.69) is 5.32 Å². The highest BCUT2D eigenvalue weighted by atomic mass is 16.6. The molecule has 0 bridgehead atoms. The van der Waals surface area contributed by atoms with E-state index in [0.29, 0.717) is 13.1 Å². The highest BCUT2D eigenvalue weighted by Crippen LogP contribution is 2.14. The molecule has 1 heterocycles. The van der Waals surface area contributed by atoms with E-state index in [0.717, 1.165) is 13.0 Å². The number of amides is 1. The summed E-state index contributed by atoms with van der Waals surface area (Å²) < 4.78 is 10.0. The van der Waals surface area contributed by atoms with Crippen molar-refractivity contribution in [2.24, 2.45) is 0 Å². The third kappa shape index (κ3) is 4.18. The van der Waals surface area contributed by atoms with E-state index in [9.17, 15) is 9.59 Å². The minimum absolute atomic E-state index is 0.395. The van der Waals surface area contributed by atoms with Gasteiger partial charge in [-0.25, -0.2) is 9.59 Å². The Morgan fingerprint density at radius 3 is 2.56 bits per heavy atom. The van der Waals surface area contributed by atoms with Gasteiger partial charge in [-0.1, -0.05) is 0 Å². The Balaban J connectivity index is 2.79. The molecule has 1 atom stereocenters. The van der Waals surface area contributed by atoms with Gasteiger partial charge in [0, 0.05) is 13.1 Å². The van der Waals surface area contributed by atoms with Gasteiger partial charge >= 0.3 is 12.1 Å². The van der Waals surface area contributed by atoms with E-state index in [1.165, 1.54) is 12.0 Å². The lowest BCUT2D eigenvalue weighted by Crippen LogP contribution is -2.50. The summed E-state index contributed by atoms with van der Waals surface area (Å²) in [7, 11) is 1.32. The Labute approximate surface area is 108 Å². The summed E-state index contributed by atoms with van der Waals surface area (Å²) in [6, 6.07) is -0.618. The molecule has 0 aliphatic carbocycles. The first-order valence-corrected chi connectivity index (χ1v) is 6.13. The molecule has 0 spiro atoms. The van der Waals surface area contributed by atoms with Crippen LogP contribution in [0.3, 0.4) is 0 Å². The molecule has 1 N–H and O–H groups in total. The molecule has 0 unspecified atom stereocenters. The molecule has 0 saturated carbocycles. The molecule has 18 heavy (non-hydrogen) atoms. The Morgan fingerprint density at radius 2 is 2.00 bits per heavy atom. The maximum atomic E-state index is 12.1. The fraction of sp³-hybridized carbons (Fsp3) is 0.833. The summed E-state index contributed by atoms with van der Waals surface area (Å²) in [4.78, 5) is 25.2. The van der Waals surface area contributed by atoms with E-state index in [4.69, 9.17) is 9.47 Å². The second-order valence-electron chi connectivity index (χ2n) is 5.27. The Morgan fingerprint density at radius 1 is 1.33 bits per heavy atom. The summed E-state index contributed by atoms with van der Waals surface area (Å²) in [6.07, 6.45) is 0.314. The maximum absolute atomic E-state index is 12.1. The minimum Gasteiger partial charge on any atom is -0.467 e. The van der Waals surface area contributed by atoms with Crippen molar-refractivity contribution in [3.63, 3.8) is 0 Å². The van der Waals surface area contributed by atoms with Crippen LogP contribution >= 0.6 is 0 Å². The van der Waals surface area contributed by atoms with Gasteiger partial charge in [-0.05, 0) is 33.7 Å². The molecule has 104 valence electrons. The number of methoxy groups -OCH3 is 1. The van der Waals surface area contributed by atoms with Crippen LogP contribution in [0, 0.1) is 0 Å². The summed E-state index contributed by atoms with van der Waals surface area (Å²) in [5.74, 6) is -0.421. The molecule has 1 amide bonds. The highest BCUT2D eigenvalue weighted by Gasteiger charge is 2.34. The fourth-order valence-corrected chi connectivity index (χ4v) is 1.76. The van der Waals surface area contributed by atoms with Crippen LogP contribution in [0.15, 0.2) is 0 Å². The topological polar surface area (TPSA) is 67.9 Å². The number of ether oxygens (including phenoxy) is 2. The van der Waals surface area contributed by atoms with Crippen LogP contribution in [0.4, 0.5) is 4.79 Å². The number of hydrogen-bond donors (Lipinski definition) is 1. The van der Waals surface area contributed by atoms with Crippen LogP contribution in [0.5, 0.6) is 0 Å². The molecule has 6 heteroatoms. The molecule has 0 radical (unpaired) electrons. The van der Waals surface area contributed by atoms with Crippen LogP contribution in [-0.4, -0.2) is 55.3 Å². The number of rotatable bonds is 1. The van der Waals surface area contributed by atoms with Crippen LogP contribution in [-0.2, 0) is 14.3 Å². The van der Waals surface area contributed by atoms with Gasteiger partial charge in [0.2, 0.25) is 0 Å². The lowest BCUT2D eigenvalue weighted by molar-refractivity contribution is -0.146. The average Bonchev–Trinajstić information content (AvgIpc) is 2.50. The smallest absolute Gasteiger partial charge is 0.411 e. The molecule has 1 fully saturated rings. The first-order chi connectivity index (χ1) is 8.35. The molecule has 0 aromatic rings. The number of carbonyl (C=O) groups is 2. The second-order valence-corrected chi connectivity index (χ2v) is 5.27. The first-order valence-electron chi connectivity index (χ1n) is 6.13. The predicted molar refractivity (Wildman–Crippen MR) is 66.2 cm³/mol. The quantitative estimate of drug-likeness (QED) is 0.703. The van der Waals surface area contributed by atoms with Crippen LogP contribution in [0.25, 0.3) is 0 Å². The van der Waals surface area contributed by atoms with Crippen molar-refractivity contribution >= 4 is 12.1 Å². The van der Waals surface area contributed by atoms with Crippen molar-refractivity contribution in [2.75, 3.05) is 26.7 Å². The average molecular weight is 258 g/mol. The number of esters is 1. The van der Waals surface area contributed by atoms with E-state index in [-0.39, 0.29) is 0 Å². The summed E-state index contributed by atoms with van der Waals surface area (Å²) in [5, 5.41) is 3.11. The summed E-state index contributed by atoms with van der Waals surface area (Å²) in [5.41, 5.74) is -0.572. The molecule has 6 nitrogen and oxygen atoms in total. The molecular weight excluding hydrogens is 236 g/mol. The zero-order valence-electron chi connectivity index (χ0n) is 11.5. The summed E-state index contributed by atoms with van der Waals surface area (Å²) >= 11 is 0. The van der Waals surface area contributed by atoms with Crippen molar-refractivity contribution in [3.8, 4) is 0 Å². The second kappa shape index (κ2) is 6.04. The monoisotopic (exact) mass is 258 g/mol. The SMILES string of the molecule is COC(=O)[C@@H]1CNCCCN1C(=O)OC(C)(C)C. The highest BCUT2D eigenvalue weighted by molar-refractivity contribution is 5.81. The van der Waals surface area contributed by atoms with Crippen molar-refractivity contribution in [3.05, 3.63) is 0 Å². The van der Waals surface area contributed by atoms with Crippen molar-refractivity contribution in [1.82, 2.24) is 10.2 Å². The van der Waals surface area contributed by atoms with Crippen molar-refractivity contribution in [2.45, 2.75) is 38.8 Å². The van der Waals surface area contributed by atoms with Gasteiger partial charge in [0.15, 0.2) is 0 Å². The van der Waals surface area contributed by atoms with E-state index in [1.807, 2.05) is 0 Å². The van der Waals surface area contributed by atoms with Crippen LogP contribution in [0.2, 0.25) is 0 Å². The predicted octanol–water partition coefficient (Wildman–Crippen LogP) is 0.758. The minimum atomic E-state index is -0.618. The van der Waals surface area contributed by atoms with Crippen molar-refractivity contribution < 1.29 is 19.1 Å². The molecule has 1 aliphatic heterocycles. The molecule has 1 aliphatic rings. The largest absolute Gasteiger partial charge is 0.467 e. The van der Waals surface area contributed by atoms with Gasteiger partial charge in [0.1, 0.15) is 11.6 Å². The van der Waals surface area contributed by atoms with Gasteiger partial charge in [-0.15, -0.1) is 0 Å². The van der Waals surface area contributed by atoms with Crippen LogP contribution < -0.4 is 5.32 Å². The van der Waals surface area contributed by atoms with E-state index in [1.54, 1.807) is 20.8 Å². The zero-order valence-corrected chi connectivity index (χ0v) is 11.5. The van der Waals surface area contributed by atoms with Crippen molar-refractivity contribution in [1.29, 1.82) is 0 Å². The van der Waals surface area contributed by atoms with Gasteiger partial charge < -0.3 is 14.8 Å². The lowest BCUT2D eigenvalue weighted by Gasteiger charge is -2.30. The number of carbonyl (C=O) groups excluding carboxylic acids is 2. The van der Waals surface area contributed by atoms with Gasteiger partial charge in [0.05, 0.1) is 7.11 Å². The Hall–Kier alpha value is -1.30. The maximum Gasteiger partial charge on any atom is 0.411 e. The molecule has 1 rings (SSSR count). The molecule has 0 aromatic heterocycles. The fourth-order valence-electron chi connectivity index (χ4n) is 1.76. The summed E-state index contributed by atoms with van der Waals surface area (Å²) in [6.45, 7) is 7.05.